The third kappa shape index (κ3) is 7.06. The van der Waals surface area contributed by atoms with Crippen LogP contribution in [0, 0.1) is 13.8 Å². The second kappa shape index (κ2) is 13.1. The predicted octanol–water partition coefficient (Wildman–Crippen LogP) is 5.12. The summed E-state index contributed by atoms with van der Waals surface area (Å²) in [4.78, 5) is 39.1. The standard InChI is InChI=1S/C32H36N4O6S/c1-6-7-11-24-15-17-25(18-16-24)34-43(40,41)27-19-14-21(2)28(20-27)32(39)42-23(4)30(37)33-29-22(3)35(5)36(31(29)38)26-12-9-8-10-13-26/h8-10,12-20,23,34H,6-7,11H2,1-5H3,(H,33,37). The van der Waals surface area contributed by atoms with Gasteiger partial charge in [0.15, 0.2) is 6.10 Å². The molecular weight excluding hydrogens is 568 g/mol. The Morgan fingerprint density at radius 2 is 1.65 bits per heavy atom. The normalized spacial score (nSPS) is 12.0. The van der Waals surface area contributed by atoms with Crippen LogP contribution < -0.4 is 15.6 Å². The highest BCUT2D eigenvalue weighted by Crippen LogP contribution is 2.22. The molecule has 0 saturated carbocycles. The molecule has 1 amide bonds. The molecule has 0 aliphatic carbocycles. The molecular formula is C32H36N4O6S. The minimum absolute atomic E-state index is 0.000219. The molecule has 226 valence electrons. The first-order chi connectivity index (χ1) is 20.4. The number of nitrogens with zero attached hydrogens (tertiary/aromatic N) is 2. The van der Waals surface area contributed by atoms with Gasteiger partial charge in [-0.25, -0.2) is 17.9 Å². The Morgan fingerprint density at radius 3 is 2.30 bits per heavy atom. The largest absolute Gasteiger partial charge is 0.449 e. The molecule has 4 rings (SSSR count). The number of carbonyl (C=O) groups excluding carboxylic acids is 2. The van der Waals surface area contributed by atoms with E-state index in [0.29, 0.717) is 22.6 Å². The summed E-state index contributed by atoms with van der Waals surface area (Å²) in [5.74, 6) is -1.58. The molecule has 0 spiro atoms. The zero-order chi connectivity index (χ0) is 31.3. The number of rotatable bonds is 11. The summed E-state index contributed by atoms with van der Waals surface area (Å²) in [7, 11) is -2.31. The number of aromatic nitrogens is 2. The van der Waals surface area contributed by atoms with Crippen LogP contribution in [-0.4, -0.2) is 35.8 Å². The van der Waals surface area contributed by atoms with Gasteiger partial charge < -0.3 is 10.1 Å². The number of amides is 1. The Balaban J connectivity index is 1.47. The van der Waals surface area contributed by atoms with E-state index in [4.69, 9.17) is 4.74 Å². The van der Waals surface area contributed by atoms with Crippen LogP contribution in [0.1, 0.15) is 53.9 Å². The van der Waals surface area contributed by atoms with Crippen molar-refractivity contribution >= 4 is 33.3 Å². The fraction of sp³-hybridized carbons (Fsp3) is 0.281. The first-order valence-electron chi connectivity index (χ1n) is 14.0. The van der Waals surface area contributed by atoms with E-state index in [0.717, 1.165) is 24.8 Å². The molecule has 1 aromatic heterocycles. The van der Waals surface area contributed by atoms with Gasteiger partial charge in [0, 0.05) is 12.7 Å². The van der Waals surface area contributed by atoms with Crippen LogP contribution in [0.25, 0.3) is 5.69 Å². The number of benzene rings is 3. The van der Waals surface area contributed by atoms with Crippen LogP contribution >= 0.6 is 0 Å². The molecule has 0 aliphatic rings. The lowest BCUT2D eigenvalue weighted by Gasteiger charge is -2.15. The van der Waals surface area contributed by atoms with Crippen molar-refractivity contribution in [2.24, 2.45) is 7.05 Å². The Morgan fingerprint density at radius 1 is 0.977 bits per heavy atom. The molecule has 11 heteroatoms. The van der Waals surface area contributed by atoms with E-state index in [1.165, 1.54) is 29.8 Å². The van der Waals surface area contributed by atoms with Crippen LogP contribution in [-0.2, 0) is 33.0 Å². The van der Waals surface area contributed by atoms with Crippen LogP contribution in [0.4, 0.5) is 11.4 Å². The Bertz CT molecular complexity index is 1790. The summed E-state index contributed by atoms with van der Waals surface area (Å²) < 4.78 is 37.2. The summed E-state index contributed by atoms with van der Waals surface area (Å²) in [6, 6.07) is 20.3. The van der Waals surface area contributed by atoms with Crippen molar-refractivity contribution in [3.63, 3.8) is 0 Å². The first kappa shape index (κ1) is 31.3. The number of esters is 1. The zero-order valence-corrected chi connectivity index (χ0v) is 25.7. The molecule has 4 aromatic rings. The minimum atomic E-state index is -4.01. The monoisotopic (exact) mass is 604 g/mol. The Hall–Kier alpha value is -4.64. The summed E-state index contributed by atoms with van der Waals surface area (Å²) in [6.45, 7) is 6.82. The number of hydrogen-bond acceptors (Lipinski definition) is 6. The van der Waals surface area contributed by atoms with Gasteiger partial charge in [0.2, 0.25) is 0 Å². The van der Waals surface area contributed by atoms with Gasteiger partial charge in [-0.15, -0.1) is 0 Å². The molecule has 0 saturated heterocycles. The highest BCUT2D eigenvalue weighted by molar-refractivity contribution is 7.92. The van der Waals surface area contributed by atoms with Crippen molar-refractivity contribution in [2.45, 2.75) is 58.0 Å². The topological polar surface area (TPSA) is 128 Å². The van der Waals surface area contributed by atoms with Crippen LogP contribution in [0.15, 0.2) is 82.5 Å². The van der Waals surface area contributed by atoms with Gasteiger partial charge >= 0.3 is 5.97 Å². The van der Waals surface area contributed by atoms with E-state index in [9.17, 15) is 22.8 Å². The quantitative estimate of drug-likeness (QED) is 0.229. The number of ether oxygens (including phenoxy) is 1. The van der Waals surface area contributed by atoms with E-state index in [1.54, 1.807) is 62.0 Å². The molecule has 43 heavy (non-hydrogen) atoms. The lowest BCUT2D eigenvalue weighted by Crippen LogP contribution is -2.32. The number of carbonyl (C=O) groups is 2. The molecule has 0 bridgehead atoms. The van der Waals surface area contributed by atoms with Gasteiger partial charge in [-0.1, -0.05) is 49.7 Å². The van der Waals surface area contributed by atoms with Gasteiger partial charge in [-0.3, -0.25) is 19.0 Å². The predicted molar refractivity (Wildman–Crippen MR) is 166 cm³/mol. The maximum absolute atomic E-state index is 13.1. The van der Waals surface area contributed by atoms with Gasteiger partial charge in [-0.2, -0.15) is 0 Å². The average Bonchev–Trinajstić information content (AvgIpc) is 3.19. The van der Waals surface area contributed by atoms with Crippen LogP contribution in [0.2, 0.25) is 0 Å². The minimum Gasteiger partial charge on any atom is -0.449 e. The van der Waals surface area contributed by atoms with Crippen molar-refractivity contribution in [2.75, 3.05) is 10.0 Å². The summed E-state index contributed by atoms with van der Waals surface area (Å²) in [5.41, 5.74) is 2.76. The number of anilines is 2. The molecule has 10 nitrogen and oxygen atoms in total. The van der Waals surface area contributed by atoms with Crippen molar-refractivity contribution in [3.05, 3.63) is 106 Å². The van der Waals surface area contributed by atoms with Crippen molar-refractivity contribution in [1.29, 1.82) is 0 Å². The molecule has 3 aromatic carbocycles. The third-order valence-corrected chi connectivity index (χ3v) is 8.60. The second-order valence-corrected chi connectivity index (χ2v) is 12.0. The fourth-order valence-corrected chi connectivity index (χ4v) is 5.62. The SMILES string of the molecule is CCCCc1ccc(NS(=O)(=O)c2ccc(C)c(C(=O)OC(C)C(=O)Nc3c(C)n(C)n(-c4ccccc4)c3=O)c2)cc1. The number of hydrogen-bond donors (Lipinski definition) is 2. The summed E-state index contributed by atoms with van der Waals surface area (Å²) in [5, 5.41) is 2.58. The molecule has 1 heterocycles. The third-order valence-electron chi connectivity index (χ3n) is 7.22. The highest BCUT2D eigenvalue weighted by atomic mass is 32.2. The number of para-hydroxylation sites is 1. The van der Waals surface area contributed by atoms with Gasteiger partial charge in [-0.05, 0) is 81.1 Å². The molecule has 0 fully saturated rings. The zero-order valence-electron chi connectivity index (χ0n) is 24.9. The smallest absolute Gasteiger partial charge is 0.339 e. The average molecular weight is 605 g/mol. The molecule has 0 aliphatic heterocycles. The van der Waals surface area contributed by atoms with Crippen molar-refractivity contribution in [1.82, 2.24) is 9.36 Å². The number of nitrogens with one attached hydrogen (secondary N) is 2. The van der Waals surface area contributed by atoms with E-state index in [1.807, 2.05) is 18.2 Å². The molecule has 0 radical (unpaired) electrons. The molecule has 1 unspecified atom stereocenters. The van der Waals surface area contributed by atoms with E-state index < -0.39 is 33.6 Å². The maximum atomic E-state index is 13.1. The lowest BCUT2D eigenvalue weighted by molar-refractivity contribution is -0.123. The van der Waals surface area contributed by atoms with E-state index >= 15 is 0 Å². The number of sulfonamides is 1. The Kier molecular flexibility index (Phi) is 9.55. The second-order valence-electron chi connectivity index (χ2n) is 10.4. The lowest BCUT2D eigenvalue weighted by atomic mass is 10.1. The van der Waals surface area contributed by atoms with E-state index in [-0.39, 0.29) is 16.1 Å². The number of aryl methyl sites for hydroxylation is 2. The van der Waals surface area contributed by atoms with Gasteiger partial charge in [0.25, 0.3) is 21.5 Å². The van der Waals surface area contributed by atoms with Gasteiger partial charge in [0.05, 0.1) is 21.8 Å². The summed E-state index contributed by atoms with van der Waals surface area (Å²) in [6.07, 6.45) is 1.76. The van der Waals surface area contributed by atoms with Crippen molar-refractivity contribution < 1.29 is 22.7 Å². The van der Waals surface area contributed by atoms with Crippen molar-refractivity contribution in [3.8, 4) is 5.69 Å². The first-order valence-corrected chi connectivity index (χ1v) is 15.5. The van der Waals surface area contributed by atoms with Crippen LogP contribution in [0.3, 0.4) is 0 Å². The fourth-order valence-electron chi connectivity index (χ4n) is 4.54. The van der Waals surface area contributed by atoms with Gasteiger partial charge in [0.1, 0.15) is 5.69 Å². The van der Waals surface area contributed by atoms with E-state index in [2.05, 4.69) is 17.0 Å². The molecule has 1 atom stereocenters. The molecule has 2 N–H and O–H groups in total. The maximum Gasteiger partial charge on any atom is 0.339 e. The van der Waals surface area contributed by atoms with Crippen LogP contribution in [0.5, 0.6) is 0 Å². The summed E-state index contributed by atoms with van der Waals surface area (Å²) >= 11 is 0. The highest BCUT2D eigenvalue weighted by Gasteiger charge is 2.25. The Labute approximate surface area is 251 Å². The number of unbranched alkanes of at least 4 members (excludes halogenated alkanes) is 1.